The van der Waals surface area contributed by atoms with Crippen LogP contribution in [0.5, 0.6) is 5.75 Å². The van der Waals surface area contributed by atoms with Gasteiger partial charge in [-0.2, -0.15) is 5.26 Å². The third-order valence-electron chi connectivity index (χ3n) is 2.93. The van der Waals surface area contributed by atoms with E-state index in [1.165, 1.54) is 0 Å². The number of carbonyl (C=O) groups excluding carboxylic acids is 2. The summed E-state index contributed by atoms with van der Waals surface area (Å²) < 4.78 is 5.51. The van der Waals surface area contributed by atoms with Gasteiger partial charge >= 0.3 is 0 Å². The number of hydrogen-bond acceptors (Lipinski definition) is 4. The summed E-state index contributed by atoms with van der Waals surface area (Å²) in [5.74, 6) is -0.353. The van der Waals surface area contributed by atoms with Crippen molar-refractivity contribution < 1.29 is 14.3 Å². The highest BCUT2D eigenvalue weighted by Gasteiger charge is 2.23. The second-order valence-electron chi connectivity index (χ2n) is 6.34. The summed E-state index contributed by atoms with van der Waals surface area (Å²) in [6.07, 6.45) is -0.825. The van der Waals surface area contributed by atoms with E-state index in [1.807, 2.05) is 26.8 Å². The maximum absolute atomic E-state index is 12.1. The molecule has 0 heterocycles. The number of benzene rings is 1. The Morgan fingerprint density at radius 2 is 1.78 bits per heavy atom. The lowest BCUT2D eigenvalue weighted by molar-refractivity contribution is -0.132. The van der Waals surface area contributed by atoms with Crippen LogP contribution in [0.3, 0.4) is 0 Å². The van der Waals surface area contributed by atoms with Crippen molar-refractivity contribution in [2.24, 2.45) is 0 Å². The smallest absolute Gasteiger partial charge is 0.261 e. The van der Waals surface area contributed by atoms with E-state index in [2.05, 4.69) is 10.6 Å². The molecule has 1 aromatic carbocycles. The zero-order valence-corrected chi connectivity index (χ0v) is 14.1. The second kappa shape index (κ2) is 7.63. The molecule has 0 aliphatic rings. The number of para-hydroxylation sites is 1. The number of rotatable bonds is 5. The van der Waals surface area contributed by atoms with Crippen molar-refractivity contribution in [3.05, 3.63) is 29.8 Å². The summed E-state index contributed by atoms with van der Waals surface area (Å²) in [7, 11) is 0. The quantitative estimate of drug-likeness (QED) is 0.865. The van der Waals surface area contributed by atoms with Gasteiger partial charge in [0.2, 0.25) is 5.91 Å². The van der Waals surface area contributed by atoms with Crippen LogP contribution in [0.4, 0.5) is 0 Å². The van der Waals surface area contributed by atoms with Gasteiger partial charge in [-0.25, -0.2) is 0 Å². The number of nitriles is 1. The van der Waals surface area contributed by atoms with Gasteiger partial charge in [-0.15, -0.1) is 0 Å². The molecule has 2 atom stereocenters. The summed E-state index contributed by atoms with van der Waals surface area (Å²) in [4.78, 5) is 24.1. The predicted molar refractivity (Wildman–Crippen MR) is 86.7 cm³/mol. The number of nitrogens with one attached hydrogen (secondary N) is 2. The molecule has 0 saturated carbocycles. The molecule has 0 bridgehead atoms. The average Bonchev–Trinajstić information content (AvgIpc) is 2.45. The minimum absolute atomic E-state index is 0.268. The number of ether oxygens (including phenoxy) is 1. The largest absolute Gasteiger partial charge is 0.480 e. The van der Waals surface area contributed by atoms with Crippen molar-refractivity contribution in [3.63, 3.8) is 0 Å². The van der Waals surface area contributed by atoms with Gasteiger partial charge in [-0.1, -0.05) is 12.1 Å². The number of carbonyl (C=O) groups is 2. The molecule has 6 nitrogen and oxygen atoms in total. The van der Waals surface area contributed by atoms with Crippen LogP contribution in [0.1, 0.15) is 40.2 Å². The Kier molecular flexibility index (Phi) is 6.14. The maximum Gasteiger partial charge on any atom is 0.261 e. The van der Waals surface area contributed by atoms with E-state index in [-0.39, 0.29) is 11.4 Å². The minimum atomic E-state index is -0.825. The van der Waals surface area contributed by atoms with Crippen molar-refractivity contribution in [1.82, 2.24) is 10.6 Å². The van der Waals surface area contributed by atoms with Crippen LogP contribution in [0, 0.1) is 11.3 Å². The van der Waals surface area contributed by atoms with Crippen LogP contribution in [0.25, 0.3) is 0 Å². The van der Waals surface area contributed by atoms with E-state index in [0.717, 1.165) is 0 Å². The van der Waals surface area contributed by atoms with Crippen LogP contribution in [0.2, 0.25) is 0 Å². The molecule has 0 spiro atoms. The molecule has 2 N–H and O–H groups in total. The van der Waals surface area contributed by atoms with Crippen molar-refractivity contribution in [2.75, 3.05) is 0 Å². The summed E-state index contributed by atoms with van der Waals surface area (Å²) in [5.41, 5.74) is -0.0186. The molecule has 2 amide bonds. The van der Waals surface area contributed by atoms with Crippen LogP contribution in [-0.2, 0) is 9.59 Å². The van der Waals surface area contributed by atoms with E-state index in [0.29, 0.717) is 11.3 Å². The molecule has 0 fully saturated rings. The summed E-state index contributed by atoms with van der Waals surface area (Å²) in [5, 5.41) is 14.4. The first-order chi connectivity index (χ1) is 10.6. The van der Waals surface area contributed by atoms with Crippen molar-refractivity contribution in [2.45, 2.75) is 52.3 Å². The SMILES string of the molecule is CC(NC(=O)C(C)Oc1ccccc1C#N)C(=O)NC(C)(C)C. The highest BCUT2D eigenvalue weighted by Crippen LogP contribution is 2.18. The zero-order chi connectivity index (χ0) is 17.6. The first-order valence-electron chi connectivity index (χ1n) is 7.42. The molecule has 124 valence electrons. The van der Waals surface area contributed by atoms with Gasteiger partial charge in [0.25, 0.3) is 5.91 Å². The van der Waals surface area contributed by atoms with Gasteiger partial charge in [0, 0.05) is 5.54 Å². The van der Waals surface area contributed by atoms with Crippen LogP contribution >= 0.6 is 0 Å². The summed E-state index contributed by atoms with van der Waals surface area (Å²) in [6, 6.07) is 8.00. The molecule has 0 saturated heterocycles. The Labute approximate surface area is 136 Å². The van der Waals surface area contributed by atoms with Crippen LogP contribution in [-0.4, -0.2) is 29.5 Å². The molecule has 2 unspecified atom stereocenters. The lowest BCUT2D eigenvalue weighted by Gasteiger charge is -2.24. The highest BCUT2D eigenvalue weighted by molar-refractivity contribution is 5.89. The molecular weight excluding hydrogens is 294 g/mol. The van der Waals surface area contributed by atoms with Crippen molar-refractivity contribution in [3.8, 4) is 11.8 Å². The fraction of sp³-hybridized carbons (Fsp3) is 0.471. The van der Waals surface area contributed by atoms with E-state index in [1.54, 1.807) is 38.1 Å². The Morgan fingerprint density at radius 3 is 2.35 bits per heavy atom. The van der Waals surface area contributed by atoms with Gasteiger partial charge in [0.15, 0.2) is 6.10 Å². The third kappa shape index (κ3) is 5.99. The Bertz CT molecular complexity index is 614. The molecular formula is C17H23N3O3. The van der Waals surface area contributed by atoms with Gasteiger partial charge in [-0.05, 0) is 46.8 Å². The first kappa shape index (κ1) is 18.5. The Hall–Kier alpha value is -2.55. The Balaban J connectivity index is 2.64. The lowest BCUT2D eigenvalue weighted by atomic mass is 10.1. The second-order valence-corrected chi connectivity index (χ2v) is 6.34. The highest BCUT2D eigenvalue weighted by atomic mass is 16.5. The summed E-state index contributed by atoms with van der Waals surface area (Å²) >= 11 is 0. The van der Waals surface area contributed by atoms with E-state index < -0.39 is 18.1 Å². The fourth-order valence-electron chi connectivity index (χ4n) is 1.78. The molecule has 1 aromatic rings. The molecule has 0 aliphatic carbocycles. The fourth-order valence-corrected chi connectivity index (χ4v) is 1.78. The van der Waals surface area contributed by atoms with E-state index in [4.69, 9.17) is 10.00 Å². The predicted octanol–water partition coefficient (Wildman–Crippen LogP) is 1.74. The first-order valence-corrected chi connectivity index (χ1v) is 7.42. The molecule has 1 rings (SSSR count). The lowest BCUT2D eigenvalue weighted by Crippen LogP contribution is -2.52. The van der Waals surface area contributed by atoms with Crippen molar-refractivity contribution in [1.29, 1.82) is 5.26 Å². The molecule has 0 radical (unpaired) electrons. The number of amides is 2. The van der Waals surface area contributed by atoms with Crippen molar-refractivity contribution >= 4 is 11.8 Å². The topological polar surface area (TPSA) is 91.2 Å². The van der Waals surface area contributed by atoms with Gasteiger partial charge in [0.1, 0.15) is 17.9 Å². The minimum Gasteiger partial charge on any atom is -0.480 e. The summed E-state index contributed by atoms with van der Waals surface area (Å²) in [6.45, 7) is 8.77. The average molecular weight is 317 g/mol. The Morgan fingerprint density at radius 1 is 1.17 bits per heavy atom. The van der Waals surface area contributed by atoms with Gasteiger partial charge < -0.3 is 15.4 Å². The third-order valence-corrected chi connectivity index (χ3v) is 2.93. The molecule has 0 aromatic heterocycles. The van der Waals surface area contributed by atoms with Gasteiger partial charge in [-0.3, -0.25) is 9.59 Å². The number of hydrogen-bond donors (Lipinski definition) is 2. The number of nitrogens with zero attached hydrogens (tertiary/aromatic N) is 1. The normalized spacial score (nSPS) is 13.4. The molecule has 23 heavy (non-hydrogen) atoms. The van der Waals surface area contributed by atoms with Crippen LogP contribution < -0.4 is 15.4 Å². The zero-order valence-electron chi connectivity index (χ0n) is 14.1. The van der Waals surface area contributed by atoms with E-state index in [9.17, 15) is 9.59 Å². The molecule has 6 heteroatoms. The van der Waals surface area contributed by atoms with Crippen LogP contribution in [0.15, 0.2) is 24.3 Å². The monoisotopic (exact) mass is 317 g/mol. The van der Waals surface area contributed by atoms with E-state index >= 15 is 0 Å². The molecule has 0 aliphatic heterocycles. The maximum atomic E-state index is 12.1. The van der Waals surface area contributed by atoms with Gasteiger partial charge in [0.05, 0.1) is 5.56 Å². The standard InChI is InChI=1S/C17H23N3O3/c1-11(15(21)20-17(3,4)5)19-16(22)12(2)23-14-9-7-6-8-13(14)10-18/h6-9,11-12H,1-5H3,(H,19,22)(H,20,21).